The minimum absolute atomic E-state index is 0.187. The van der Waals surface area contributed by atoms with E-state index in [1.165, 1.54) is 27.8 Å². The summed E-state index contributed by atoms with van der Waals surface area (Å²) in [5.41, 5.74) is 6.42. The van der Waals surface area contributed by atoms with E-state index >= 15 is 0 Å². The van der Waals surface area contributed by atoms with E-state index in [-0.39, 0.29) is 12.1 Å². The maximum absolute atomic E-state index is 10.6. The smallest absolute Gasteiger partial charge is 0.116 e. The second-order valence-electron chi connectivity index (χ2n) is 7.20. The fraction of sp³-hybridized carbons (Fsp3) is 0.364. The van der Waals surface area contributed by atoms with E-state index in [2.05, 4.69) is 78.7 Å². The van der Waals surface area contributed by atoms with Gasteiger partial charge >= 0.3 is 0 Å². The van der Waals surface area contributed by atoms with Crippen LogP contribution in [0.1, 0.15) is 22.6 Å². The van der Waals surface area contributed by atoms with Gasteiger partial charge in [-0.05, 0) is 41.7 Å². The Labute approximate surface area is 150 Å². The van der Waals surface area contributed by atoms with Crippen LogP contribution in [0.4, 0.5) is 0 Å². The molecule has 2 N–H and O–H groups in total. The monoisotopic (exact) mass is 334 g/mol. The number of hydrogen-bond acceptors (Lipinski definition) is 3. The first-order chi connectivity index (χ1) is 12.2. The molecular formula is C22H26N2O. The van der Waals surface area contributed by atoms with Crippen molar-refractivity contribution in [3.8, 4) is 11.1 Å². The quantitative estimate of drug-likeness (QED) is 0.828. The predicted molar refractivity (Wildman–Crippen MR) is 103 cm³/mol. The lowest BCUT2D eigenvalue weighted by Gasteiger charge is -2.53. The van der Waals surface area contributed by atoms with Crippen molar-refractivity contribution in [1.82, 2.24) is 10.2 Å². The molecule has 3 atom stereocenters. The van der Waals surface area contributed by atoms with Crippen molar-refractivity contribution in [3.05, 3.63) is 71.3 Å². The SMILES string of the molecule is Cc1cccc(-c2ccc([C@@H]3[C@@H](O)N4C/C=C\CNC[C@@H]34)cc2)c1C. The van der Waals surface area contributed by atoms with Crippen LogP contribution in [-0.4, -0.2) is 41.9 Å². The van der Waals surface area contributed by atoms with Gasteiger partial charge < -0.3 is 10.4 Å². The molecule has 2 aromatic carbocycles. The van der Waals surface area contributed by atoms with Crippen molar-refractivity contribution in [2.75, 3.05) is 19.6 Å². The highest BCUT2D eigenvalue weighted by atomic mass is 16.3. The first-order valence-electron chi connectivity index (χ1n) is 9.13. The highest BCUT2D eigenvalue weighted by molar-refractivity contribution is 5.68. The molecule has 0 spiro atoms. The van der Waals surface area contributed by atoms with E-state index in [0.717, 1.165) is 19.6 Å². The van der Waals surface area contributed by atoms with E-state index < -0.39 is 0 Å². The molecule has 0 aliphatic carbocycles. The number of benzene rings is 2. The van der Waals surface area contributed by atoms with Gasteiger partial charge in [0, 0.05) is 31.6 Å². The Morgan fingerprint density at radius 2 is 1.84 bits per heavy atom. The largest absolute Gasteiger partial charge is 0.378 e. The normalized spacial score (nSPS) is 27.7. The number of aryl methyl sites for hydroxylation is 1. The Morgan fingerprint density at radius 3 is 2.64 bits per heavy atom. The van der Waals surface area contributed by atoms with Crippen LogP contribution >= 0.6 is 0 Å². The second-order valence-corrected chi connectivity index (χ2v) is 7.20. The lowest BCUT2D eigenvalue weighted by atomic mass is 9.79. The van der Waals surface area contributed by atoms with Gasteiger partial charge in [0.25, 0.3) is 0 Å². The lowest BCUT2D eigenvalue weighted by molar-refractivity contribution is -0.134. The predicted octanol–water partition coefficient (Wildman–Crippen LogP) is 3.22. The first-order valence-corrected chi connectivity index (χ1v) is 9.13. The summed E-state index contributed by atoms with van der Waals surface area (Å²) in [6.07, 6.45) is 3.89. The van der Waals surface area contributed by atoms with Gasteiger partial charge in [-0.2, -0.15) is 0 Å². The van der Waals surface area contributed by atoms with Crippen LogP contribution in [0.5, 0.6) is 0 Å². The summed E-state index contributed by atoms with van der Waals surface area (Å²) in [6.45, 7) is 7.01. The number of nitrogens with one attached hydrogen (secondary N) is 1. The third kappa shape index (κ3) is 2.93. The minimum atomic E-state index is -0.388. The van der Waals surface area contributed by atoms with Crippen LogP contribution in [0.2, 0.25) is 0 Å². The molecule has 3 nitrogen and oxygen atoms in total. The molecule has 0 amide bonds. The Balaban J connectivity index is 1.58. The molecule has 2 aliphatic heterocycles. The number of aliphatic hydroxyl groups is 1. The molecule has 0 saturated carbocycles. The molecule has 3 heteroatoms. The number of rotatable bonds is 2. The average molecular weight is 334 g/mol. The molecular weight excluding hydrogens is 308 g/mol. The van der Waals surface area contributed by atoms with E-state index in [9.17, 15) is 5.11 Å². The summed E-state index contributed by atoms with van der Waals surface area (Å²) < 4.78 is 0. The summed E-state index contributed by atoms with van der Waals surface area (Å²) in [6, 6.07) is 15.6. The maximum atomic E-state index is 10.6. The Bertz CT molecular complexity index is 781. The Morgan fingerprint density at radius 1 is 1.04 bits per heavy atom. The van der Waals surface area contributed by atoms with E-state index in [0.29, 0.717) is 6.04 Å². The lowest BCUT2D eigenvalue weighted by Crippen LogP contribution is -2.65. The van der Waals surface area contributed by atoms with Gasteiger partial charge in [-0.1, -0.05) is 54.6 Å². The number of hydrogen-bond donors (Lipinski definition) is 2. The van der Waals surface area contributed by atoms with Gasteiger partial charge in [-0.3, -0.25) is 4.90 Å². The number of aliphatic hydroxyl groups excluding tert-OH is 1. The molecule has 25 heavy (non-hydrogen) atoms. The molecule has 1 saturated heterocycles. The molecule has 1 fully saturated rings. The van der Waals surface area contributed by atoms with Crippen LogP contribution < -0.4 is 5.32 Å². The third-order valence-corrected chi connectivity index (χ3v) is 5.81. The minimum Gasteiger partial charge on any atom is -0.378 e. The van der Waals surface area contributed by atoms with Crippen LogP contribution in [0.25, 0.3) is 11.1 Å². The average Bonchev–Trinajstić information content (AvgIpc) is 2.60. The maximum Gasteiger partial charge on any atom is 0.116 e. The van der Waals surface area contributed by atoms with Gasteiger partial charge in [0.1, 0.15) is 6.23 Å². The highest BCUT2D eigenvalue weighted by Gasteiger charge is 2.47. The van der Waals surface area contributed by atoms with Gasteiger partial charge in [-0.15, -0.1) is 0 Å². The Hall–Kier alpha value is -1.94. The van der Waals surface area contributed by atoms with Crippen molar-refractivity contribution in [2.45, 2.75) is 32.0 Å². The summed E-state index contributed by atoms with van der Waals surface area (Å²) in [7, 11) is 0. The van der Waals surface area contributed by atoms with E-state index in [1.807, 2.05) is 0 Å². The van der Waals surface area contributed by atoms with Crippen LogP contribution in [-0.2, 0) is 0 Å². The van der Waals surface area contributed by atoms with Crippen LogP contribution in [0, 0.1) is 13.8 Å². The van der Waals surface area contributed by atoms with Gasteiger partial charge in [0.05, 0.1) is 0 Å². The fourth-order valence-electron chi connectivity index (χ4n) is 4.13. The second kappa shape index (κ2) is 6.75. The number of fused-ring (bicyclic) bond motifs is 1. The molecule has 0 bridgehead atoms. The third-order valence-electron chi connectivity index (χ3n) is 5.81. The summed E-state index contributed by atoms with van der Waals surface area (Å²) in [5, 5.41) is 14.1. The zero-order valence-electron chi connectivity index (χ0n) is 14.9. The molecule has 2 heterocycles. The standard InChI is InChI=1S/C22H26N2O/c1-15-6-5-7-19(16(15)2)17-8-10-18(11-9-17)21-20-14-23-12-3-4-13-24(20)22(21)25/h3-11,20-23,25H,12-14H2,1-2H3/b4-3-/t20-,21-,22+/m0/s1. The molecule has 0 radical (unpaired) electrons. The fourth-order valence-corrected chi connectivity index (χ4v) is 4.13. The summed E-state index contributed by atoms with van der Waals surface area (Å²) in [4.78, 5) is 2.17. The molecule has 0 aromatic heterocycles. The molecule has 0 unspecified atom stereocenters. The van der Waals surface area contributed by atoms with Crippen molar-refractivity contribution < 1.29 is 5.11 Å². The molecule has 2 aromatic rings. The topological polar surface area (TPSA) is 35.5 Å². The van der Waals surface area contributed by atoms with Gasteiger partial charge in [0.2, 0.25) is 0 Å². The number of nitrogens with zero attached hydrogens (tertiary/aromatic N) is 1. The van der Waals surface area contributed by atoms with Crippen LogP contribution in [0.3, 0.4) is 0 Å². The van der Waals surface area contributed by atoms with Gasteiger partial charge in [-0.25, -0.2) is 0 Å². The van der Waals surface area contributed by atoms with E-state index in [4.69, 9.17) is 0 Å². The van der Waals surface area contributed by atoms with E-state index in [1.54, 1.807) is 0 Å². The summed E-state index contributed by atoms with van der Waals surface area (Å²) >= 11 is 0. The zero-order valence-corrected chi connectivity index (χ0v) is 14.9. The van der Waals surface area contributed by atoms with Crippen molar-refractivity contribution >= 4 is 0 Å². The van der Waals surface area contributed by atoms with Crippen molar-refractivity contribution in [2.24, 2.45) is 0 Å². The van der Waals surface area contributed by atoms with Crippen LogP contribution in [0.15, 0.2) is 54.6 Å². The zero-order chi connectivity index (χ0) is 17.4. The highest BCUT2D eigenvalue weighted by Crippen LogP contribution is 2.40. The molecule has 130 valence electrons. The molecule has 4 rings (SSSR count). The Kier molecular flexibility index (Phi) is 4.46. The van der Waals surface area contributed by atoms with Crippen molar-refractivity contribution in [3.63, 3.8) is 0 Å². The first kappa shape index (κ1) is 16.5. The van der Waals surface area contributed by atoms with Gasteiger partial charge in [0.15, 0.2) is 0 Å². The molecule has 2 aliphatic rings. The van der Waals surface area contributed by atoms with Crippen molar-refractivity contribution in [1.29, 1.82) is 0 Å². The summed E-state index contributed by atoms with van der Waals surface area (Å²) in [5.74, 6) is 0.187.